The number of halogens is 1. The summed E-state index contributed by atoms with van der Waals surface area (Å²) in [6.07, 6.45) is 0.0838. The van der Waals surface area contributed by atoms with Gasteiger partial charge in [-0.15, -0.1) is 0 Å². The highest BCUT2D eigenvalue weighted by atomic mass is 32.2. The van der Waals surface area contributed by atoms with Crippen molar-refractivity contribution in [1.29, 1.82) is 0 Å². The van der Waals surface area contributed by atoms with Crippen molar-refractivity contribution in [1.82, 2.24) is 5.32 Å². The molecule has 0 atom stereocenters. The smallest absolute Gasteiger partial charge is 0.261 e. The topological polar surface area (TPSA) is 114 Å². The van der Waals surface area contributed by atoms with Crippen molar-refractivity contribution in [3.05, 3.63) is 84.2 Å². The first-order chi connectivity index (χ1) is 16.2. The summed E-state index contributed by atoms with van der Waals surface area (Å²) in [6.45, 7) is 2.26. The number of hydrogen-bond acceptors (Lipinski definition) is 5. The fourth-order valence-electron chi connectivity index (χ4n) is 2.94. The normalized spacial score (nSPS) is 10.9. The maximum Gasteiger partial charge on any atom is 0.261 e. The van der Waals surface area contributed by atoms with Gasteiger partial charge in [-0.3, -0.25) is 14.3 Å². The number of sulfonamides is 1. The molecular weight excluding hydrogens is 461 g/mol. The zero-order valence-electron chi connectivity index (χ0n) is 18.4. The number of carbonyl (C=O) groups excluding carboxylic acids is 2. The molecule has 34 heavy (non-hydrogen) atoms. The molecule has 8 nitrogen and oxygen atoms in total. The highest BCUT2D eigenvalue weighted by Crippen LogP contribution is 2.19. The predicted octanol–water partition coefficient (Wildman–Crippen LogP) is 3.32. The largest absolute Gasteiger partial charge is 0.484 e. The molecule has 0 aliphatic carbocycles. The van der Waals surface area contributed by atoms with Gasteiger partial charge in [0.05, 0.1) is 11.3 Å². The summed E-state index contributed by atoms with van der Waals surface area (Å²) in [5.74, 6) is -0.491. The molecule has 3 aromatic carbocycles. The highest BCUT2D eigenvalue weighted by Gasteiger charge is 2.14. The van der Waals surface area contributed by atoms with Crippen LogP contribution in [0.3, 0.4) is 0 Å². The quantitative estimate of drug-likeness (QED) is 0.408. The summed E-state index contributed by atoms with van der Waals surface area (Å²) in [5, 5.41) is 5.40. The molecule has 3 N–H and O–H groups in total. The molecule has 0 spiro atoms. The van der Waals surface area contributed by atoms with Crippen molar-refractivity contribution >= 4 is 33.2 Å². The highest BCUT2D eigenvalue weighted by molar-refractivity contribution is 7.92. The van der Waals surface area contributed by atoms with Gasteiger partial charge in [-0.25, -0.2) is 12.8 Å². The first-order valence-corrected chi connectivity index (χ1v) is 11.9. The number of rotatable bonds is 10. The Balaban J connectivity index is 1.51. The average molecular weight is 486 g/mol. The van der Waals surface area contributed by atoms with E-state index in [2.05, 4.69) is 15.4 Å². The number of nitrogens with one attached hydrogen (secondary N) is 3. The van der Waals surface area contributed by atoms with Crippen molar-refractivity contribution in [3.63, 3.8) is 0 Å². The third kappa shape index (κ3) is 7.31. The van der Waals surface area contributed by atoms with Crippen LogP contribution in [0.4, 0.5) is 15.8 Å². The van der Waals surface area contributed by atoms with Crippen LogP contribution in [0.25, 0.3) is 0 Å². The summed E-state index contributed by atoms with van der Waals surface area (Å²) in [4.78, 5) is 23.7. The lowest BCUT2D eigenvalue weighted by atomic mass is 10.1. The van der Waals surface area contributed by atoms with E-state index in [-0.39, 0.29) is 29.7 Å². The van der Waals surface area contributed by atoms with Crippen LogP contribution in [0.5, 0.6) is 5.75 Å². The molecule has 0 saturated heterocycles. The van der Waals surface area contributed by atoms with Gasteiger partial charge in [-0.05, 0) is 73.2 Å². The Labute approximate surface area is 197 Å². The molecule has 0 aromatic heterocycles. The lowest BCUT2D eigenvalue weighted by Crippen LogP contribution is -2.28. The molecule has 3 rings (SSSR count). The Kier molecular flexibility index (Phi) is 8.20. The standard InChI is InChI=1S/C24H24FN3O5S/c1-2-26-24(30)16-33-21-11-9-19(10-12-21)27-23(29)15-17-3-7-20(8-4-17)28-34(31,32)22-13-5-18(25)6-14-22/h3-14,28H,2,15-16H2,1H3,(H,26,30)(H,27,29). The fraction of sp³-hybridized carbons (Fsp3) is 0.167. The van der Waals surface area contributed by atoms with Crippen LogP contribution in [-0.4, -0.2) is 33.4 Å². The van der Waals surface area contributed by atoms with Gasteiger partial charge in [0.1, 0.15) is 11.6 Å². The number of hydrogen-bond donors (Lipinski definition) is 3. The van der Waals surface area contributed by atoms with Gasteiger partial charge in [0, 0.05) is 17.9 Å². The summed E-state index contributed by atoms with van der Waals surface area (Å²) < 4.78 is 45.6. The second-order valence-electron chi connectivity index (χ2n) is 7.25. The van der Waals surface area contributed by atoms with Crippen molar-refractivity contribution in [2.75, 3.05) is 23.2 Å². The minimum atomic E-state index is -3.85. The van der Waals surface area contributed by atoms with E-state index in [9.17, 15) is 22.4 Å². The van der Waals surface area contributed by atoms with E-state index in [1.165, 1.54) is 12.1 Å². The Bertz CT molecular complexity index is 1230. The molecule has 0 radical (unpaired) electrons. The van der Waals surface area contributed by atoms with Gasteiger partial charge >= 0.3 is 0 Å². The van der Waals surface area contributed by atoms with Crippen LogP contribution in [0, 0.1) is 5.82 Å². The van der Waals surface area contributed by atoms with E-state index in [1.54, 1.807) is 48.5 Å². The Hall–Kier alpha value is -3.92. The van der Waals surface area contributed by atoms with Crippen LogP contribution in [0.15, 0.2) is 77.7 Å². The second-order valence-corrected chi connectivity index (χ2v) is 8.93. The van der Waals surface area contributed by atoms with Crippen LogP contribution in [0.1, 0.15) is 12.5 Å². The van der Waals surface area contributed by atoms with Gasteiger partial charge in [-0.2, -0.15) is 0 Å². The van der Waals surface area contributed by atoms with Crippen molar-refractivity contribution < 1.29 is 27.1 Å². The number of carbonyl (C=O) groups is 2. The molecule has 0 aliphatic rings. The maximum absolute atomic E-state index is 13.0. The minimum absolute atomic E-state index is 0.0574. The van der Waals surface area contributed by atoms with Crippen LogP contribution < -0.4 is 20.1 Å². The average Bonchev–Trinajstić information content (AvgIpc) is 2.80. The first kappa shape index (κ1) is 24.7. The first-order valence-electron chi connectivity index (χ1n) is 10.4. The molecule has 0 fully saturated rings. The third-order valence-electron chi connectivity index (χ3n) is 4.58. The van der Waals surface area contributed by atoms with Crippen molar-refractivity contribution in [2.24, 2.45) is 0 Å². The van der Waals surface area contributed by atoms with Crippen molar-refractivity contribution in [2.45, 2.75) is 18.2 Å². The van der Waals surface area contributed by atoms with Crippen LogP contribution in [0.2, 0.25) is 0 Å². The maximum atomic E-state index is 13.0. The molecule has 0 aliphatic heterocycles. The number of anilines is 2. The van der Waals surface area contributed by atoms with Gasteiger partial charge in [-0.1, -0.05) is 12.1 Å². The van der Waals surface area contributed by atoms with E-state index in [1.807, 2.05) is 6.92 Å². The summed E-state index contributed by atoms with van der Waals surface area (Å²) >= 11 is 0. The Morgan fingerprint density at radius 1 is 0.853 bits per heavy atom. The molecule has 0 heterocycles. The van der Waals surface area contributed by atoms with Crippen molar-refractivity contribution in [3.8, 4) is 5.75 Å². The molecule has 0 saturated carbocycles. The molecule has 0 unspecified atom stereocenters. The van der Waals surface area contributed by atoms with Gasteiger partial charge < -0.3 is 15.4 Å². The minimum Gasteiger partial charge on any atom is -0.484 e. The van der Waals surface area contributed by atoms with E-state index < -0.39 is 15.8 Å². The lowest BCUT2D eigenvalue weighted by Gasteiger charge is -2.10. The summed E-state index contributed by atoms with van der Waals surface area (Å²) in [5.41, 5.74) is 1.57. The van der Waals surface area contributed by atoms with E-state index >= 15 is 0 Å². The third-order valence-corrected chi connectivity index (χ3v) is 5.97. The molecule has 178 valence electrons. The Morgan fingerprint density at radius 3 is 2.09 bits per heavy atom. The number of ether oxygens (including phenoxy) is 1. The lowest BCUT2D eigenvalue weighted by molar-refractivity contribution is -0.123. The predicted molar refractivity (Wildman–Crippen MR) is 127 cm³/mol. The fourth-order valence-corrected chi connectivity index (χ4v) is 4.00. The van der Waals surface area contributed by atoms with E-state index in [0.29, 0.717) is 29.2 Å². The number of amides is 2. The molecule has 3 aromatic rings. The van der Waals surface area contributed by atoms with Crippen LogP contribution in [-0.2, 0) is 26.0 Å². The van der Waals surface area contributed by atoms with E-state index in [4.69, 9.17) is 4.74 Å². The molecule has 2 amide bonds. The van der Waals surface area contributed by atoms with Gasteiger partial charge in [0.25, 0.3) is 15.9 Å². The van der Waals surface area contributed by atoms with Crippen LogP contribution >= 0.6 is 0 Å². The molecule has 10 heteroatoms. The van der Waals surface area contributed by atoms with E-state index in [0.717, 1.165) is 12.1 Å². The zero-order valence-corrected chi connectivity index (χ0v) is 19.2. The zero-order chi connectivity index (χ0) is 24.6. The van der Waals surface area contributed by atoms with Gasteiger partial charge in [0.15, 0.2) is 6.61 Å². The monoisotopic (exact) mass is 485 g/mol. The second kappa shape index (κ2) is 11.3. The number of benzene rings is 3. The molecular formula is C24H24FN3O5S. The molecule has 0 bridgehead atoms. The number of likely N-dealkylation sites (N-methyl/N-ethyl adjacent to an activating group) is 1. The van der Waals surface area contributed by atoms with Gasteiger partial charge in [0.2, 0.25) is 5.91 Å². The SMILES string of the molecule is CCNC(=O)COc1ccc(NC(=O)Cc2ccc(NS(=O)(=O)c3ccc(F)cc3)cc2)cc1. The Morgan fingerprint density at radius 2 is 1.47 bits per heavy atom. The summed E-state index contributed by atoms with van der Waals surface area (Å²) in [7, 11) is -3.85. The summed E-state index contributed by atoms with van der Waals surface area (Å²) in [6, 6.07) is 17.5.